The van der Waals surface area contributed by atoms with Gasteiger partial charge in [0.05, 0.1) is 18.8 Å². The molecule has 0 aromatic carbocycles. The Hall–Kier alpha value is -0.490. The van der Waals surface area contributed by atoms with Gasteiger partial charge in [-0.3, -0.25) is 9.69 Å². The molecular formula is C13H23NO4. The van der Waals surface area contributed by atoms with E-state index in [1.807, 2.05) is 4.90 Å². The molecule has 18 heavy (non-hydrogen) atoms. The van der Waals surface area contributed by atoms with Crippen molar-refractivity contribution in [3.63, 3.8) is 0 Å². The summed E-state index contributed by atoms with van der Waals surface area (Å²) in [7, 11) is 1.53. The fourth-order valence-electron chi connectivity index (χ4n) is 3.51. The van der Waals surface area contributed by atoms with Crippen LogP contribution in [-0.4, -0.2) is 64.9 Å². The van der Waals surface area contributed by atoms with Gasteiger partial charge in [0.25, 0.3) is 0 Å². The van der Waals surface area contributed by atoms with Crippen molar-refractivity contribution in [3.05, 3.63) is 0 Å². The molecule has 0 amide bonds. The van der Waals surface area contributed by atoms with E-state index in [1.54, 1.807) is 13.8 Å². The molecule has 5 nitrogen and oxygen atoms in total. The third-order valence-electron chi connectivity index (χ3n) is 4.44. The highest BCUT2D eigenvalue weighted by Gasteiger charge is 2.58. The molecule has 3 fully saturated rings. The average molecular weight is 257 g/mol. The topological polar surface area (TPSA) is 70.0 Å². The third kappa shape index (κ3) is 1.90. The van der Waals surface area contributed by atoms with Gasteiger partial charge in [-0.15, -0.1) is 0 Å². The van der Waals surface area contributed by atoms with Crippen molar-refractivity contribution in [1.82, 2.24) is 4.90 Å². The van der Waals surface area contributed by atoms with Gasteiger partial charge in [0.1, 0.15) is 5.54 Å². The summed E-state index contributed by atoms with van der Waals surface area (Å²) in [6.07, 6.45) is 1.49. The van der Waals surface area contributed by atoms with Crippen LogP contribution in [0.2, 0.25) is 0 Å². The normalized spacial score (nSPS) is 40.3. The number of hydrogen-bond acceptors (Lipinski definition) is 5. The maximum absolute atomic E-state index is 12.4. The maximum atomic E-state index is 12.4. The van der Waals surface area contributed by atoms with Crippen molar-refractivity contribution in [3.8, 4) is 0 Å². The number of aliphatic hydroxyl groups excluding tert-OH is 1. The summed E-state index contributed by atoms with van der Waals surface area (Å²) in [5.74, 6) is 0.00678. The second kappa shape index (κ2) is 4.56. The number of carbonyl (C=O) groups excluding carboxylic acids is 1. The lowest BCUT2D eigenvalue weighted by atomic mass is 9.68. The second-order valence-corrected chi connectivity index (χ2v) is 6.07. The number of piperidine rings is 3. The van der Waals surface area contributed by atoms with Crippen LogP contribution in [0.1, 0.15) is 26.7 Å². The Balaban J connectivity index is 2.37. The van der Waals surface area contributed by atoms with Crippen LogP contribution in [0.3, 0.4) is 0 Å². The highest BCUT2D eigenvalue weighted by molar-refractivity contribution is 5.92. The summed E-state index contributed by atoms with van der Waals surface area (Å²) >= 11 is 0. The van der Waals surface area contributed by atoms with Crippen molar-refractivity contribution in [1.29, 1.82) is 0 Å². The zero-order chi connectivity index (χ0) is 13.6. The zero-order valence-corrected chi connectivity index (χ0v) is 11.3. The number of Topliss-reactive ketones (excluding diaryl/α,β-unsaturated/α-hetero) is 1. The fourth-order valence-corrected chi connectivity index (χ4v) is 3.51. The Morgan fingerprint density at radius 1 is 1.56 bits per heavy atom. The van der Waals surface area contributed by atoms with Gasteiger partial charge in [-0.25, -0.2) is 0 Å². The number of methoxy groups -OCH3 is 1. The van der Waals surface area contributed by atoms with Crippen LogP contribution in [0.25, 0.3) is 0 Å². The lowest BCUT2D eigenvalue weighted by Crippen LogP contribution is -2.75. The van der Waals surface area contributed by atoms with Gasteiger partial charge in [0.15, 0.2) is 5.78 Å². The molecular weight excluding hydrogens is 234 g/mol. The Morgan fingerprint density at radius 2 is 2.22 bits per heavy atom. The summed E-state index contributed by atoms with van der Waals surface area (Å²) in [6, 6.07) is -0.101. The van der Waals surface area contributed by atoms with Crippen LogP contribution in [0.5, 0.6) is 0 Å². The monoisotopic (exact) mass is 257 g/mol. The highest BCUT2D eigenvalue weighted by Crippen LogP contribution is 2.43. The van der Waals surface area contributed by atoms with Gasteiger partial charge < -0.3 is 14.9 Å². The van der Waals surface area contributed by atoms with Crippen molar-refractivity contribution in [2.45, 2.75) is 43.9 Å². The van der Waals surface area contributed by atoms with Crippen LogP contribution < -0.4 is 0 Å². The first-order valence-corrected chi connectivity index (χ1v) is 6.50. The Labute approximate surface area is 108 Å². The predicted octanol–water partition coefficient (Wildman–Crippen LogP) is -0.202. The molecule has 2 bridgehead atoms. The van der Waals surface area contributed by atoms with E-state index in [2.05, 4.69) is 0 Å². The van der Waals surface area contributed by atoms with Gasteiger partial charge in [-0.1, -0.05) is 0 Å². The molecule has 0 spiro atoms. The minimum atomic E-state index is -0.958. The van der Waals surface area contributed by atoms with Crippen molar-refractivity contribution in [2.24, 2.45) is 5.92 Å². The first-order valence-electron chi connectivity index (χ1n) is 6.50. The lowest BCUT2D eigenvalue weighted by molar-refractivity contribution is -0.181. The van der Waals surface area contributed by atoms with Gasteiger partial charge in [-0.2, -0.15) is 0 Å². The van der Waals surface area contributed by atoms with Gasteiger partial charge in [-0.05, 0) is 26.7 Å². The number of nitrogens with zero attached hydrogens (tertiary/aromatic N) is 1. The minimum Gasteiger partial charge on any atom is -0.394 e. The van der Waals surface area contributed by atoms with Crippen molar-refractivity contribution in [2.75, 3.05) is 26.9 Å². The number of rotatable bonds is 4. The molecule has 3 aliphatic rings. The van der Waals surface area contributed by atoms with E-state index in [0.29, 0.717) is 6.42 Å². The Morgan fingerprint density at radius 3 is 2.72 bits per heavy atom. The van der Waals surface area contributed by atoms with Crippen molar-refractivity contribution < 1.29 is 19.7 Å². The summed E-state index contributed by atoms with van der Waals surface area (Å²) in [5.41, 5.74) is -1.84. The number of fused-ring (bicyclic) bond motifs is 3. The summed E-state index contributed by atoms with van der Waals surface area (Å²) in [5, 5.41) is 20.0. The van der Waals surface area contributed by atoms with E-state index in [0.717, 1.165) is 13.0 Å². The average Bonchev–Trinajstić information content (AvgIpc) is 2.32. The third-order valence-corrected chi connectivity index (χ3v) is 4.44. The molecule has 0 saturated carbocycles. The molecule has 3 heterocycles. The van der Waals surface area contributed by atoms with Crippen LogP contribution in [0, 0.1) is 5.92 Å². The van der Waals surface area contributed by atoms with E-state index in [-0.39, 0.29) is 31.0 Å². The van der Waals surface area contributed by atoms with E-state index >= 15 is 0 Å². The van der Waals surface area contributed by atoms with E-state index in [4.69, 9.17) is 4.74 Å². The molecule has 2 N–H and O–H groups in total. The molecule has 4 atom stereocenters. The quantitative estimate of drug-likeness (QED) is 0.730. The molecule has 5 heteroatoms. The smallest absolute Gasteiger partial charge is 0.161 e. The molecule has 3 rings (SSSR count). The molecule has 0 aliphatic carbocycles. The number of ketones is 1. The first-order chi connectivity index (χ1) is 8.36. The van der Waals surface area contributed by atoms with Crippen LogP contribution in [-0.2, 0) is 9.53 Å². The van der Waals surface area contributed by atoms with Crippen LogP contribution >= 0.6 is 0 Å². The molecule has 4 unspecified atom stereocenters. The zero-order valence-electron chi connectivity index (χ0n) is 11.3. The summed E-state index contributed by atoms with van der Waals surface area (Å²) in [6.45, 7) is 4.19. The van der Waals surface area contributed by atoms with E-state index in [9.17, 15) is 15.0 Å². The van der Waals surface area contributed by atoms with Crippen molar-refractivity contribution >= 4 is 5.78 Å². The highest BCUT2D eigenvalue weighted by atomic mass is 16.5. The molecule has 0 aromatic heterocycles. The summed E-state index contributed by atoms with van der Waals surface area (Å²) in [4.78, 5) is 14.4. The van der Waals surface area contributed by atoms with Crippen LogP contribution in [0.4, 0.5) is 0 Å². The van der Waals surface area contributed by atoms with Crippen LogP contribution in [0.15, 0.2) is 0 Å². The van der Waals surface area contributed by atoms with E-state index < -0.39 is 11.1 Å². The van der Waals surface area contributed by atoms with Gasteiger partial charge in [0.2, 0.25) is 0 Å². The first kappa shape index (κ1) is 13.9. The number of carbonyl (C=O) groups is 1. The van der Waals surface area contributed by atoms with E-state index in [1.165, 1.54) is 7.11 Å². The number of ether oxygens (including phenoxy) is 1. The standard InChI is InChI=1S/C13H23NO4/c1-12(2,17)10-6-9-4-5-14(10)13(7-15,8-18-3)11(9)16/h9-10,15,17H,4-8H2,1-3H3. The summed E-state index contributed by atoms with van der Waals surface area (Å²) < 4.78 is 5.16. The molecule has 0 aromatic rings. The molecule has 0 radical (unpaired) electrons. The number of hydrogen-bond donors (Lipinski definition) is 2. The Kier molecular flexibility index (Phi) is 3.53. The maximum Gasteiger partial charge on any atom is 0.161 e. The molecule has 3 saturated heterocycles. The molecule has 104 valence electrons. The van der Waals surface area contributed by atoms with Gasteiger partial charge >= 0.3 is 0 Å². The fraction of sp³-hybridized carbons (Fsp3) is 0.923. The SMILES string of the molecule is COCC1(CO)C(=O)C2CCN1C(C(C)(C)O)C2. The largest absolute Gasteiger partial charge is 0.394 e. The number of aliphatic hydroxyl groups is 2. The lowest BCUT2D eigenvalue weighted by Gasteiger charge is -2.58. The molecule has 3 aliphatic heterocycles. The predicted molar refractivity (Wildman–Crippen MR) is 66.2 cm³/mol. The Bertz CT molecular complexity index is 338. The van der Waals surface area contributed by atoms with Gasteiger partial charge in [0, 0.05) is 25.6 Å². The minimum absolute atomic E-state index is 0.0614. The second-order valence-electron chi connectivity index (χ2n) is 6.07.